The van der Waals surface area contributed by atoms with Crippen molar-refractivity contribution in [1.82, 2.24) is 0 Å². The first-order valence-corrected chi connectivity index (χ1v) is 7.87. The smallest absolute Gasteiger partial charge is 0.250 e. The zero-order valence-electron chi connectivity index (χ0n) is 7.51. The highest BCUT2D eigenvalue weighted by Crippen LogP contribution is 2.75. The highest BCUT2D eigenvalue weighted by atomic mass is 35.6. The normalized spacial score (nSPS) is 13.9. The van der Waals surface area contributed by atoms with E-state index in [9.17, 15) is 4.57 Å². The fourth-order valence-corrected chi connectivity index (χ4v) is 7.75. The van der Waals surface area contributed by atoms with Crippen LogP contribution < -0.4 is 5.30 Å². The van der Waals surface area contributed by atoms with Crippen LogP contribution in [0.3, 0.4) is 0 Å². The van der Waals surface area contributed by atoms with Gasteiger partial charge in [-0.2, -0.15) is 0 Å². The van der Waals surface area contributed by atoms with Crippen molar-refractivity contribution < 1.29 is 4.57 Å². The minimum Gasteiger partial charge on any atom is -0.310 e. The Labute approximate surface area is 123 Å². The summed E-state index contributed by atoms with van der Waals surface area (Å²) in [5.41, 5.74) is 0. The van der Waals surface area contributed by atoms with Crippen molar-refractivity contribution in [2.45, 2.75) is 7.07 Å². The Balaban J connectivity index is 3.46. The van der Waals surface area contributed by atoms with Crippen molar-refractivity contribution >= 4 is 82.1 Å². The van der Waals surface area contributed by atoms with Crippen LogP contribution in [0.15, 0.2) is 30.3 Å². The predicted octanol–water partition coefficient (Wildman–Crippen LogP) is 5.33. The maximum absolute atomic E-state index is 12.7. The van der Waals surface area contributed by atoms with E-state index in [2.05, 4.69) is 0 Å². The molecule has 0 heterocycles. The summed E-state index contributed by atoms with van der Waals surface area (Å²) >= 11 is 34.0. The molecule has 1 aromatic rings. The van der Waals surface area contributed by atoms with Gasteiger partial charge in [0, 0.05) is 5.30 Å². The number of alkyl halides is 6. The molecule has 0 radical (unpaired) electrons. The zero-order valence-corrected chi connectivity index (χ0v) is 12.9. The van der Waals surface area contributed by atoms with Crippen LogP contribution in [0.4, 0.5) is 0 Å². The summed E-state index contributed by atoms with van der Waals surface area (Å²) in [5, 5.41) is 0.204. The molecule has 0 saturated heterocycles. The minimum absolute atomic E-state index is 0.204. The Hall–Kier alpha value is 1.19. The van der Waals surface area contributed by atoms with Crippen LogP contribution in [0.2, 0.25) is 0 Å². The number of hydrogen-bond acceptors (Lipinski definition) is 1. The molecule has 0 aliphatic heterocycles. The lowest BCUT2D eigenvalue weighted by Gasteiger charge is -2.31. The molecule has 0 fully saturated rings. The van der Waals surface area contributed by atoms with Gasteiger partial charge in [-0.15, -0.1) is 0 Å². The Bertz CT molecular complexity index is 389. The Kier molecular flexibility index (Phi) is 4.82. The molecule has 0 atom stereocenters. The van der Waals surface area contributed by atoms with Gasteiger partial charge in [0.1, 0.15) is 0 Å². The van der Waals surface area contributed by atoms with E-state index in [1.165, 1.54) is 12.1 Å². The molecule has 16 heavy (non-hydrogen) atoms. The van der Waals surface area contributed by atoms with Gasteiger partial charge in [0.25, 0.3) is 7.07 Å². The van der Waals surface area contributed by atoms with E-state index in [0.717, 1.165) is 0 Å². The summed E-state index contributed by atoms with van der Waals surface area (Å²) in [6.45, 7) is 0. The van der Waals surface area contributed by atoms with Gasteiger partial charge in [-0.1, -0.05) is 99.9 Å². The van der Waals surface area contributed by atoms with E-state index in [-0.39, 0.29) is 5.30 Å². The van der Waals surface area contributed by atoms with Crippen LogP contribution in [0.5, 0.6) is 0 Å². The van der Waals surface area contributed by atoms with E-state index in [0.29, 0.717) is 0 Å². The van der Waals surface area contributed by atoms with Crippen LogP contribution in [0.1, 0.15) is 0 Å². The number of hydrogen-bond donors (Lipinski definition) is 0. The third-order valence-corrected chi connectivity index (χ3v) is 8.57. The van der Waals surface area contributed by atoms with Gasteiger partial charge in [0.15, 0.2) is 0 Å². The summed E-state index contributed by atoms with van der Waals surface area (Å²) in [5.74, 6) is 0. The van der Waals surface area contributed by atoms with Crippen LogP contribution in [-0.4, -0.2) is 7.07 Å². The van der Waals surface area contributed by atoms with Crippen molar-refractivity contribution in [3.8, 4) is 0 Å². The van der Waals surface area contributed by atoms with E-state index in [4.69, 9.17) is 69.6 Å². The van der Waals surface area contributed by atoms with Gasteiger partial charge in [-0.25, -0.2) is 0 Å². The predicted molar refractivity (Wildman–Crippen MR) is 74.3 cm³/mol. The van der Waals surface area contributed by atoms with E-state index in [1.807, 2.05) is 0 Å². The molecule has 1 aromatic carbocycles. The maximum Gasteiger partial charge on any atom is 0.250 e. The van der Waals surface area contributed by atoms with E-state index >= 15 is 0 Å². The van der Waals surface area contributed by atoms with E-state index < -0.39 is 14.2 Å². The Morgan fingerprint density at radius 2 is 1.19 bits per heavy atom. The summed E-state index contributed by atoms with van der Waals surface area (Å²) in [4.78, 5) is 0. The SMILES string of the molecule is O=P(c1ccccc1)(C(Cl)(Cl)Cl)C(Cl)(Cl)Cl. The zero-order chi connectivity index (χ0) is 12.6. The summed E-state index contributed by atoms with van der Waals surface area (Å²) in [7, 11) is -3.85. The maximum atomic E-state index is 12.7. The molecule has 0 bridgehead atoms. The molecule has 0 aliphatic carbocycles. The van der Waals surface area contributed by atoms with Gasteiger partial charge in [0.2, 0.25) is 7.14 Å². The fourth-order valence-electron chi connectivity index (χ4n) is 1.07. The molecular formula is C8H5Cl6OP. The lowest BCUT2D eigenvalue weighted by atomic mass is 10.4. The second kappa shape index (κ2) is 5.05. The third-order valence-electron chi connectivity index (χ3n) is 1.83. The molecule has 0 N–H and O–H groups in total. The molecule has 1 rings (SSSR count). The van der Waals surface area contributed by atoms with Crippen molar-refractivity contribution in [2.24, 2.45) is 0 Å². The highest BCUT2D eigenvalue weighted by Gasteiger charge is 2.58. The first kappa shape index (κ1) is 15.2. The van der Waals surface area contributed by atoms with Gasteiger partial charge < -0.3 is 4.57 Å². The average Bonchev–Trinajstić information content (AvgIpc) is 2.14. The lowest BCUT2D eigenvalue weighted by molar-refractivity contribution is 0.581. The molecule has 8 heteroatoms. The van der Waals surface area contributed by atoms with Crippen molar-refractivity contribution in [3.63, 3.8) is 0 Å². The Morgan fingerprint density at radius 3 is 1.50 bits per heavy atom. The van der Waals surface area contributed by atoms with Gasteiger partial charge in [0.05, 0.1) is 0 Å². The molecule has 0 aromatic heterocycles. The molecule has 1 nitrogen and oxygen atoms in total. The number of rotatable bonds is 1. The quantitative estimate of drug-likeness (QED) is 0.488. The topological polar surface area (TPSA) is 17.1 Å². The number of benzene rings is 1. The highest BCUT2D eigenvalue weighted by molar-refractivity contribution is 7.84. The summed E-state index contributed by atoms with van der Waals surface area (Å²) in [6.07, 6.45) is 0. The molecule has 0 spiro atoms. The largest absolute Gasteiger partial charge is 0.310 e. The molecule has 0 unspecified atom stereocenters. The van der Waals surface area contributed by atoms with Gasteiger partial charge in [-0.05, 0) is 0 Å². The molecule has 0 aliphatic rings. The van der Waals surface area contributed by atoms with Crippen molar-refractivity contribution in [3.05, 3.63) is 30.3 Å². The van der Waals surface area contributed by atoms with Crippen molar-refractivity contribution in [2.75, 3.05) is 0 Å². The second-order valence-electron chi connectivity index (χ2n) is 2.88. The van der Waals surface area contributed by atoms with E-state index in [1.54, 1.807) is 18.2 Å². The first-order chi connectivity index (χ1) is 7.11. The minimum atomic E-state index is -3.85. The molecule has 90 valence electrons. The van der Waals surface area contributed by atoms with Crippen LogP contribution >= 0.6 is 76.7 Å². The molecular weight excluding hydrogens is 356 g/mol. The van der Waals surface area contributed by atoms with Crippen LogP contribution in [-0.2, 0) is 4.57 Å². The van der Waals surface area contributed by atoms with Crippen LogP contribution in [0, 0.1) is 0 Å². The van der Waals surface area contributed by atoms with Crippen molar-refractivity contribution in [1.29, 1.82) is 0 Å². The second-order valence-corrected chi connectivity index (χ2v) is 12.1. The standard InChI is InChI=1S/C8H5Cl6OP/c9-7(10,11)16(15,8(12,13)14)6-4-2-1-3-5-6/h1-5H. The average molecular weight is 361 g/mol. The third kappa shape index (κ3) is 2.78. The van der Waals surface area contributed by atoms with Crippen LogP contribution in [0.25, 0.3) is 0 Å². The monoisotopic (exact) mass is 358 g/mol. The molecule has 0 saturated carbocycles. The first-order valence-electron chi connectivity index (χ1n) is 3.90. The van der Waals surface area contributed by atoms with Gasteiger partial charge in [-0.3, -0.25) is 0 Å². The van der Waals surface area contributed by atoms with Gasteiger partial charge >= 0.3 is 0 Å². The molecule has 0 amide bonds. The summed E-state index contributed by atoms with van der Waals surface area (Å²) < 4.78 is 8.30. The Morgan fingerprint density at radius 1 is 0.812 bits per heavy atom. The lowest BCUT2D eigenvalue weighted by Crippen LogP contribution is -2.25. The number of halogens is 6. The fraction of sp³-hybridized carbons (Fsp3) is 0.250. The summed E-state index contributed by atoms with van der Waals surface area (Å²) in [6, 6.07) is 7.93.